The SMILES string of the molecule is Cc1cccc(N2C(=O)CC3(CCCCCC3)C2=O)c1Br. The maximum atomic E-state index is 13.0. The van der Waals surface area contributed by atoms with Gasteiger partial charge in [0, 0.05) is 10.9 Å². The first-order valence-corrected chi connectivity index (χ1v) is 8.47. The highest BCUT2D eigenvalue weighted by Crippen LogP contribution is 2.46. The Hall–Kier alpha value is -1.16. The van der Waals surface area contributed by atoms with Crippen molar-refractivity contribution in [2.45, 2.75) is 51.9 Å². The predicted molar refractivity (Wildman–Crippen MR) is 86.1 cm³/mol. The first-order valence-electron chi connectivity index (χ1n) is 7.68. The van der Waals surface area contributed by atoms with Crippen LogP contribution in [-0.2, 0) is 9.59 Å². The Labute approximate surface area is 133 Å². The normalized spacial score (nSPS) is 21.9. The van der Waals surface area contributed by atoms with E-state index >= 15 is 0 Å². The number of imide groups is 1. The summed E-state index contributed by atoms with van der Waals surface area (Å²) in [6.07, 6.45) is 6.57. The summed E-state index contributed by atoms with van der Waals surface area (Å²) in [7, 11) is 0. The summed E-state index contributed by atoms with van der Waals surface area (Å²) in [5.74, 6) is -0.0334. The monoisotopic (exact) mass is 349 g/mol. The van der Waals surface area contributed by atoms with E-state index in [9.17, 15) is 9.59 Å². The van der Waals surface area contributed by atoms with Crippen LogP contribution in [0.2, 0.25) is 0 Å². The van der Waals surface area contributed by atoms with Crippen molar-refractivity contribution in [3.05, 3.63) is 28.2 Å². The van der Waals surface area contributed by atoms with Gasteiger partial charge in [-0.25, -0.2) is 4.90 Å². The average Bonchev–Trinajstić information content (AvgIpc) is 2.62. The molecule has 1 spiro atoms. The van der Waals surface area contributed by atoms with Crippen molar-refractivity contribution in [2.75, 3.05) is 4.90 Å². The van der Waals surface area contributed by atoms with Crippen LogP contribution in [0.25, 0.3) is 0 Å². The van der Waals surface area contributed by atoms with Gasteiger partial charge in [0.2, 0.25) is 11.8 Å². The summed E-state index contributed by atoms with van der Waals surface area (Å²) in [6.45, 7) is 1.97. The molecule has 0 atom stereocenters. The van der Waals surface area contributed by atoms with E-state index in [0.717, 1.165) is 35.7 Å². The molecule has 1 saturated heterocycles. The number of rotatable bonds is 1. The van der Waals surface area contributed by atoms with Crippen molar-refractivity contribution in [1.29, 1.82) is 0 Å². The molecule has 2 amide bonds. The van der Waals surface area contributed by atoms with Crippen LogP contribution < -0.4 is 4.90 Å². The largest absolute Gasteiger partial charge is 0.274 e. The Kier molecular flexibility index (Phi) is 3.91. The highest BCUT2D eigenvalue weighted by Gasteiger charge is 2.51. The van der Waals surface area contributed by atoms with Crippen LogP contribution in [0.5, 0.6) is 0 Å². The summed E-state index contributed by atoms with van der Waals surface area (Å²) in [6, 6.07) is 5.72. The van der Waals surface area contributed by atoms with Crippen molar-refractivity contribution < 1.29 is 9.59 Å². The fourth-order valence-corrected chi connectivity index (χ4v) is 4.08. The van der Waals surface area contributed by atoms with E-state index in [4.69, 9.17) is 0 Å². The van der Waals surface area contributed by atoms with Gasteiger partial charge in [0.1, 0.15) is 0 Å². The number of carbonyl (C=O) groups excluding carboxylic acids is 2. The fraction of sp³-hybridized carbons (Fsp3) is 0.529. The Morgan fingerprint density at radius 2 is 1.76 bits per heavy atom. The molecule has 1 aromatic carbocycles. The van der Waals surface area contributed by atoms with Crippen LogP contribution in [0.3, 0.4) is 0 Å². The smallest absolute Gasteiger partial charge is 0.240 e. The third kappa shape index (κ3) is 2.44. The molecule has 112 valence electrons. The summed E-state index contributed by atoms with van der Waals surface area (Å²) in [4.78, 5) is 26.9. The van der Waals surface area contributed by atoms with Crippen molar-refractivity contribution in [1.82, 2.24) is 0 Å². The molecule has 1 aliphatic carbocycles. The Bertz CT molecular complexity index is 588. The quantitative estimate of drug-likeness (QED) is 0.706. The minimum atomic E-state index is -0.434. The molecule has 2 fully saturated rings. The molecule has 1 heterocycles. The van der Waals surface area contributed by atoms with Crippen LogP contribution >= 0.6 is 15.9 Å². The number of anilines is 1. The molecule has 1 aliphatic heterocycles. The summed E-state index contributed by atoms with van der Waals surface area (Å²) >= 11 is 3.53. The van der Waals surface area contributed by atoms with E-state index in [1.54, 1.807) is 0 Å². The number of benzene rings is 1. The lowest BCUT2D eigenvalue weighted by Gasteiger charge is -2.25. The second-order valence-electron chi connectivity index (χ2n) is 6.31. The second kappa shape index (κ2) is 5.56. The van der Waals surface area contributed by atoms with Gasteiger partial charge in [-0.05, 0) is 47.3 Å². The van der Waals surface area contributed by atoms with E-state index in [1.165, 1.54) is 17.7 Å². The first-order chi connectivity index (χ1) is 10.1. The maximum absolute atomic E-state index is 13.0. The summed E-state index contributed by atoms with van der Waals surface area (Å²) in [5.41, 5.74) is 1.30. The number of amides is 2. The number of aryl methyl sites for hydroxylation is 1. The van der Waals surface area contributed by atoms with Crippen LogP contribution in [0.15, 0.2) is 22.7 Å². The van der Waals surface area contributed by atoms with Gasteiger partial charge in [-0.15, -0.1) is 0 Å². The molecule has 3 nitrogen and oxygen atoms in total. The van der Waals surface area contributed by atoms with Crippen molar-refractivity contribution in [3.8, 4) is 0 Å². The van der Waals surface area contributed by atoms with Crippen molar-refractivity contribution >= 4 is 33.4 Å². The zero-order valence-electron chi connectivity index (χ0n) is 12.3. The molecule has 0 N–H and O–H groups in total. The van der Waals surface area contributed by atoms with E-state index < -0.39 is 5.41 Å². The molecule has 0 radical (unpaired) electrons. The van der Waals surface area contributed by atoms with Gasteiger partial charge in [-0.3, -0.25) is 9.59 Å². The lowest BCUT2D eigenvalue weighted by molar-refractivity contribution is -0.126. The van der Waals surface area contributed by atoms with Gasteiger partial charge >= 0.3 is 0 Å². The minimum Gasteiger partial charge on any atom is -0.274 e. The van der Waals surface area contributed by atoms with Gasteiger partial charge < -0.3 is 0 Å². The van der Waals surface area contributed by atoms with Gasteiger partial charge in [-0.2, -0.15) is 0 Å². The molecule has 0 unspecified atom stereocenters. The van der Waals surface area contributed by atoms with Gasteiger partial charge in [0.25, 0.3) is 0 Å². The first kappa shape index (κ1) is 14.8. The van der Waals surface area contributed by atoms with Gasteiger partial charge in [0.05, 0.1) is 11.1 Å². The molecule has 0 aromatic heterocycles. The van der Waals surface area contributed by atoms with E-state index in [1.807, 2.05) is 25.1 Å². The fourth-order valence-electron chi connectivity index (χ4n) is 3.64. The van der Waals surface area contributed by atoms with E-state index in [0.29, 0.717) is 12.1 Å². The third-order valence-electron chi connectivity index (χ3n) is 4.87. The summed E-state index contributed by atoms with van der Waals surface area (Å²) in [5, 5.41) is 0. The number of nitrogens with zero attached hydrogens (tertiary/aromatic N) is 1. The minimum absolute atomic E-state index is 0.0145. The molecule has 1 aromatic rings. The van der Waals surface area contributed by atoms with Gasteiger partial charge in [-0.1, -0.05) is 37.8 Å². The van der Waals surface area contributed by atoms with Crippen LogP contribution in [0, 0.1) is 12.3 Å². The number of hydrogen-bond acceptors (Lipinski definition) is 2. The third-order valence-corrected chi connectivity index (χ3v) is 5.90. The topological polar surface area (TPSA) is 37.4 Å². The zero-order valence-corrected chi connectivity index (χ0v) is 13.9. The summed E-state index contributed by atoms with van der Waals surface area (Å²) < 4.78 is 0.845. The van der Waals surface area contributed by atoms with Crippen molar-refractivity contribution in [2.24, 2.45) is 5.41 Å². The Balaban J connectivity index is 1.99. The second-order valence-corrected chi connectivity index (χ2v) is 7.11. The molecule has 0 bridgehead atoms. The maximum Gasteiger partial charge on any atom is 0.240 e. The van der Waals surface area contributed by atoms with Crippen molar-refractivity contribution in [3.63, 3.8) is 0 Å². The van der Waals surface area contributed by atoms with Crippen LogP contribution in [0.4, 0.5) is 5.69 Å². The standard InChI is InChI=1S/C17H20BrNO2/c1-12-7-6-8-13(15(12)18)19-14(20)11-17(16(19)21)9-4-2-3-5-10-17/h6-8H,2-5,9-11H2,1H3. The molecule has 21 heavy (non-hydrogen) atoms. The molecule has 4 heteroatoms. The molecular weight excluding hydrogens is 330 g/mol. The number of halogens is 1. The van der Waals surface area contributed by atoms with E-state index in [2.05, 4.69) is 15.9 Å². The van der Waals surface area contributed by atoms with Crippen LogP contribution in [-0.4, -0.2) is 11.8 Å². The zero-order chi connectivity index (χ0) is 15.0. The lowest BCUT2D eigenvalue weighted by Crippen LogP contribution is -2.35. The molecular formula is C17H20BrNO2. The number of carbonyl (C=O) groups is 2. The Morgan fingerprint density at radius 1 is 1.10 bits per heavy atom. The van der Waals surface area contributed by atoms with Gasteiger partial charge in [0.15, 0.2) is 0 Å². The molecule has 2 aliphatic rings. The number of hydrogen-bond donors (Lipinski definition) is 0. The lowest BCUT2D eigenvalue weighted by atomic mass is 9.79. The molecule has 1 saturated carbocycles. The van der Waals surface area contributed by atoms with E-state index in [-0.39, 0.29) is 11.8 Å². The Morgan fingerprint density at radius 3 is 2.43 bits per heavy atom. The molecule has 3 rings (SSSR count). The predicted octanol–water partition coefficient (Wildman–Crippen LogP) is 4.36. The average molecular weight is 350 g/mol. The highest BCUT2D eigenvalue weighted by molar-refractivity contribution is 9.10. The highest BCUT2D eigenvalue weighted by atomic mass is 79.9. The van der Waals surface area contributed by atoms with Crippen LogP contribution in [0.1, 0.15) is 50.5 Å².